The van der Waals surface area contributed by atoms with Gasteiger partial charge >= 0.3 is 5.97 Å². The Balaban J connectivity index is 2.67. The number of nitriles is 1. The van der Waals surface area contributed by atoms with E-state index >= 15 is 0 Å². The monoisotopic (exact) mass is 233 g/mol. The number of allylic oxidation sites excluding steroid dienone is 3. The third-order valence-electron chi connectivity index (χ3n) is 3.24. The maximum atomic E-state index is 11.2. The predicted octanol–water partition coefficient (Wildman–Crippen LogP) is 3.29. The van der Waals surface area contributed by atoms with Gasteiger partial charge in [-0.2, -0.15) is 5.26 Å². The minimum Gasteiger partial charge on any atom is -0.478 e. The van der Waals surface area contributed by atoms with Crippen molar-refractivity contribution in [2.24, 2.45) is 11.8 Å². The average molecular weight is 233 g/mol. The molecule has 0 radical (unpaired) electrons. The van der Waals surface area contributed by atoms with Crippen LogP contribution in [0.25, 0.3) is 0 Å². The molecule has 0 aromatic rings. The van der Waals surface area contributed by atoms with Crippen molar-refractivity contribution in [1.29, 1.82) is 5.26 Å². The van der Waals surface area contributed by atoms with Crippen molar-refractivity contribution in [3.8, 4) is 6.07 Å². The lowest BCUT2D eigenvalue weighted by molar-refractivity contribution is -0.133. The Morgan fingerprint density at radius 1 is 1.41 bits per heavy atom. The van der Waals surface area contributed by atoms with Gasteiger partial charge in [0.25, 0.3) is 0 Å². The summed E-state index contributed by atoms with van der Waals surface area (Å²) in [5.74, 6) is -0.600. The highest BCUT2D eigenvalue weighted by Crippen LogP contribution is 2.33. The van der Waals surface area contributed by atoms with Crippen LogP contribution in [-0.2, 0) is 4.79 Å². The molecule has 1 aliphatic rings. The topological polar surface area (TPSA) is 61.1 Å². The average Bonchev–Trinajstić information content (AvgIpc) is 2.34. The van der Waals surface area contributed by atoms with Gasteiger partial charge in [0, 0.05) is 11.5 Å². The number of nitrogens with zero attached hydrogens (tertiary/aromatic N) is 1. The minimum absolute atomic E-state index is 0.110. The Hall–Kier alpha value is -1.56. The molecule has 1 rings (SSSR count). The summed E-state index contributed by atoms with van der Waals surface area (Å²) in [6, 6.07) is 2.26. The van der Waals surface area contributed by atoms with Gasteiger partial charge in [0.1, 0.15) is 0 Å². The first-order chi connectivity index (χ1) is 8.19. The van der Waals surface area contributed by atoms with Crippen molar-refractivity contribution < 1.29 is 9.90 Å². The zero-order chi connectivity index (χ0) is 12.7. The summed E-state index contributed by atoms with van der Waals surface area (Å²) < 4.78 is 0. The number of carboxylic acids is 1. The molecule has 0 heterocycles. The number of hydrogen-bond donors (Lipinski definition) is 1. The highest BCUT2D eigenvalue weighted by Gasteiger charge is 2.26. The second-order valence-electron chi connectivity index (χ2n) is 4.44. The van der Waals surface area contributed by atoms with E-state index in [0.717, 1.165) is 32.1 Å². The van der Waals surface area contributed by atoms with Crippen molar-refractivity contribution in [2.45, 2.75) is 39.0 Å². The van der Waals surface area contributed by atoms with Crippen molar-refractivity contribution in [3.63, 3.8) is 0 Å². The molecule has 0 atom stereocenters. The van der Waals surface area contributed by atoms with Gasteiger partial charge in [0.05, 0.1) is 6.07 Å². The Kier molecular flexibility index (Phi) is 5.48. The molecule has 3 nitrogen and oxygen atoms in total. The quantitative estimate of drug-likeness (QED) is 0.598. The number of hydrogen-bond acceptors (Lipinski definition) is 2. The summed E-state index contributed by atoms with van der Waals surface area (Å²) >= 11 is 0. The molecule has 1 saturated carbocycles. The van der Waals surface area contributed by atoms with E-state index in [1.807, 2.05) is 19.1 Å². The van der Waals surface area contributed by atoms with Gasteiger partial charge in [-0.15, -0.1) is 0 Å². The van der Waals surface area contributed by atoms with Gasteiger partial charge < -0.3 is 5.11 Å². The van der Waals surface area contributed by atoms with Crippen LogP contribution < -0.4 is 0 Å². The maximum absolute atomic E-state index is 11.2. The van der Waals surface area contributed by atoms with Gasteiger partial charge in [-0.3, -0.25) is 0 Å². The van der Waals surface area contributed by atoms with Crippen LogP contribution in [0.2, 0.25) is 0 Å². The summed E-state index contributed by atoms with van der Waals surface area (Å²) in [7, 11) is 0. The summed E-state index contributed by atoms with van der Waals surface area (Å²) in [6.07, 6.45) is 9.66. The molecule has 0 aliphatic heterocycles. The summed E-state index contributed by atoms with van der Waals surface area (Å²) in [6.45, 7) is 2.02. The third-order valence-corrected chi connectivity index (χ3v) is 3.24. The van der Waals surface area contributed by atoms with Crippen LogP contribution in [0.4, 0.5) is 0 Å². The number of rotatable bonds is 4. The Morgan fingerprint density at radius 3 is 2.53 bits per heavy atom. The maximum Gasteiger partial charge on any atom is 0.331 e. The molecule has 0 spiro atoms. The zero-order valence-corrected chi connectivity index (χ0v) is 10.2. The van der Waals surface area contributed by atoms with E-state index in [1.165, 1.54) is 0 Å². The first-order valence-corrected chi connectivity index (χ1v) is 6.18. The van der Waals surface area contributed by atoms with Crippen LogP contribution in [0.1, 0.15) is 39.0 Å². The normalized spacial score (nSPS) is 25.8. The molecule has 0 bridgehead atoms. The van der Waals surface area contributed by atoms with E-state index in [1.54, 1.807) is 6.08 Å². The molecule has 1 N–H and O–H groups in total. The standard InChI is InChI=1S/C14H19NO2/c1-2-3-4-5-13(14(16)17)12-8-6-11(10-15)7-9-12/h3-5,11-12H,2,6-9H2,1H3,(H,16,17)/b4-3+,13-5+. The lowest BCUT2D eigenvalue weighted by Gasteiger charge is -2.25. The van der Waals surface area contributed by atoms with Crippen LogP contribution in [-0.4, -0.2) is 11.1 Å². The molecular weight excluding hydrogens is 214 g/mol. The highest BCUT2D eigenvalue weighted by atomic mass is 16.4. The summed E-state index contributed by atoms with van der Waals surface area (Å²) in [5, 5.41) is 18.0. The first kappa shape index (κ1) is 13.5. The van der Waals surface area contributed by atoms with E-state index in [2.05, 4.69) is 6.07 Å². The van der Waals surface area contributed by atoms with Crippen molar-refractivity contribution in [3.05, 3.63) is 23.8 Å². The summed E-state index contributed by atoms with van der Waals surface area (Å²) in [5.41, 5.74) is 0.492. The van der Waals surface area contributed by atoms with Gasteiger partial charge in [0.2, 0.25) is 0 Å². The second kappa shape index (κ2) is 6.90. The van der Waals surface area contributed by atoms with Crippen LogP contribution in [0.15, 0.2) is 23.8 Å². The van der Waals surface area contributed by atoms with Crippen molar-refractivity contribution in [1.82, 2.24) is 0 Å². The van der Waals surface area contributed by atoms with Gasteiger partial charge in [-0.05, 0) is 38.0 Å². The molecule has 1 aliphatic carbocycles. The minimum atomic E-state index is -0.828. The van der Waals surface area contributed by atoms with E-state index in [0.29, 0.717) is 5.57 Å². The SMILES string of the molecule is CC/C=C/C=C(/C(=O)O)C1CCC(C#N)CC1. The van der Waals surface area contributed by atoms with Crippen LogP contribution in [0.5, 0.6) is 0 Å². The molecule has 17 heavy (non-hydrogen) atoms. The fourth-order valence-electron chi connectivity index (χ4n) is 2.22. The van der Waals surface area contributed by atoms with Crippen LogP contribution in [0, 0.1) is 23.2 Å². The molecule has 3 heteroatoms. The molecule has 0 amide bonds. The second-order valence-corrected chi connectivity index (χ2v) is 4.44. The molecule has 0 saturated heterocycles. The number of carbonyl (C=O) groups is 1. The smallest absolute Gasteiger partial charge is 0.331 e. The number of aliphatic carboxylic acids is 1. The van der Waals surface area contributed by atoms with E-state index in [9.17, 15) is 9.90 Å². The largest absolute Gasteiger partial charge is 0.478 e. The fraction of sp³-hybridized carbons (Fsp3) is 0.571. The molecule has 92 valence electrons. The van der Waals surface area contributed by atoms with Gasteiger partial charge in [-0.25, -0.2) is 4.79 Å². The number of carboxylic acid groups (broad SMARTS) is 1. The Morgan fingerprint density at radius 2 is 2.06 bits per heavy atom. The Bertz CT molecular complexity index is 355. The molecule has 0 aromatic heterocycles. The van der Waals surface area contributed by atoms with Gasteiger partial charge in [0.15, 0.2) is 0 Å². The predicted molar refractivity (Wildman–Crippen MR) is 66.2 cm³/mol. The highest BCUT2D eigenvalue weighted by molar-refractivity contribution is 5.87. The molecule has 1 fully saturated rings. The van der Waals surface area contributed by atoms with E-state index in [4.69, 9.17) is 5.26 Å². The molecule has 0 unspecified atom stereocenters. The fourth-order valence-corrected chi connectivity index (χ4v) is 2.22. The first-order valence-electron chi connectivity index (χ1n) is 6.18. The van der Waals surface area contributed by atoms with Gasteiger partial charge in [-0.1, -0.05) is 25.2 Å². The molecule has 0 aromatic carbocycles. The van der Waals surface area contributed by atoms with Crippen LogP contribution >= 0.6 is 0 Å². The van der Waals surface area contributed by atoms with Crippen molar-refractivity contribution >= 4 is 5.97 Å². The Labute approximate surface area is 102 Å². The lowest BCUT2D eigenvalue weighted by atomic mass is 9.79. The summed E-state index contributed by atoms with van der Waals surface area (Å²) in [4.78, 5) is 11.2. The zero-order valence-electron chi connectivity index (χ0n) is 10.2. The van der Waals surface area contributed by atoms with Crippen molar-refractivity contribution in [2.75, 3.05) is 0 Å². The van der Waals surface area contributed by atoms with E-state index < -0.39 is 5.97 Å². The third kappa shape index (κ3) is 4.07. The van der Waals surface area contributed by atoms with E-state index in [-0.39, 0.29) is 11.8 Å². The van der Waals surface area contributed by atoms with Crippen LogP contribution in [0.3, 0.4) is 0 Å². The lowest BCUT2D eigenvalue weighted by Crippen LogP contribution is -2.19. The molecular formula is C14H19NO2.